The summed E-state index contributed by atoms with van der Waals surface area (Å²) in [6, 6.07) is 0. The molecule has 3 nitrogen and oxygen atoms in total. The van der Waals surface area contributed by atoms with Crippen LogP contribution in [0.2, 0.25) is 0 Å². The summed E-state index contributed by atoms with van der Waals surface area (Å²) in [4.78, 5) is 11.4. The fraction of sp³-hybridized carbons (Fsp3) is 0.875. The van der Waals surface area contributed by atoms with Crippen molar-refractivity contribution >= 4 is 21.9 Å². The molecule has 1 rings (SSSR count). The molecule has 12 heavy (non-hydrogen) atoms. The first-order valence-corrected chi connectivity index (χ1v) is 5.04. The minimum atomic E-state index is -0.309. The Hall–Kier alpha value is -0.0900. The predicted molar refractivity (Wildman–Crippen MR) is 48.3 cm³/mol. The molecule has 2 atom stereocenters. The van der Waals surface area contributed by atoms with Crippen LogP contribution in [0.3, 0.4) is 0 Å². The van der Waals surface area contributed by atoms with Crippen molar-refractivity contribution in [3.63, 3.8) is 0 Å². The lowest BCUT2D eigenvalue weighted by Gasteiger charge is -2.10. The van der Waals surface area contributed by atoms with Crippen molar-refractivity contribution in [2.45, 2.75) is 30.7 Å². The predicted octanol–water partition coefficient (Wildman–Crippen LogP) is 1.49. The molecular weight excluding hydrogens is 224 g/mol. The molecule has 1 saturated heterocycles. The van der Waals surface area contributed by atoms with E-state index in [9.17, 15) is 4.79 Å². The molecular formula is C8H13BrO3. The Balaban J connectivity index is 2.18. The van der Waals surface area contributed by atoms with Gasteiger partial charge in [-0.05, 0) is 19.8 Å². The topological polar surface area (TPSA) is 35.5 Å². The van der Waals surface area contributed by atoms with Gasteiger partial charge < -0.3 is 9.47 Å². The Morgan fingerprint density at radius 2 is 2.58 bits per heavy atom. The van der Waals surface area contributed by atoms with Gasteiger partial charge in [0.05, 0.1) is 0 Å². The molecule has 0 bridgehead atoms. The third-order valence-electron chi connectivity index (χ3n) is 1.65. The molecule has 1 aliphatic rings. The molecule has 0 aliphatic carbocycles. The summed E-state index contributed by atoms with van der Waals surface area (Å²) >= 11 is 3.29. The Bertz CT molecular complexity index is 152. The number of carbonyl (C=O) groups is 1. The molecule has 0 spiro atoms. The van der Waals surface area contributed by atoms with Gasteiger partial charge >= 0.3 is 5.97 Å². The Morgan fingerprint density at radius 3 is 3.08 bits per heavy atom. The van der Waals surface area contributed by atoms with Gasteiger partial charge in [0.1, 0.15) is 6.61 Å². The van der Waals surface area contributed by atoms with Crippen LogP contribution in [-0.2, 0) is 14.3 Å². The number of hydrogen-bond donors (Lipinski definition) is 0. The Morgan fingerprint density at radius 1 is 1.83 bits per heavy atom. The minimum absolute atomic E-state index is 0.211. The van der Waals surface area contributed by atoms with Crippen LogP contribution < -0.4 is 0 Å². The van der Waals surface area contributed by atoms with Crippen molar-refractivity contribution in [2.75, 3.05) is 13.2 Å². The van der Waals surface area contributed by atoms with E-state index in [-0.39, 0.29) is 16.9 Å². The van der Waals surface area contributed by atoms with E-state index in [4.69, 9.17) is 9.47 Å². The van der Waals surface area contributed by atoms with Crippen LogP contribution in [0.5, 0.6) is 0 Å². The molecule has 0 aromatic heterocycles. The first-order chi connectivity index (χ1) is 5.70. The van der Waals surface area contributed by atoms with E-state index >= 15 is 0 Å². The highest BCUT2D eigenvalue weighted by atomic mass is 79.9. The van der Waals surface area contributed by atoms with Gasteiger partial charge in [-0.1, -0.05) is 15.9 Å². The maximum Gasteiger partial charge on any atom is 0.335 e. The normalized spacial score (nSPS) is 25.3. The second-order valence-corrected chi connectivity index (χ2v) is 4.48. The summed E-state index contributed by atoms with van der Waals surface area (Å²) in [5.41, 5.74) is 0. The number of hydrogen-bond acceptors (Lipinski definition) is 3. The summed E-state index contributed by atoms with van der Waals surface area (Å²) in [5, 5.41) is 0. The van der Waals surface area contributed by atoms with Gasteiger partial charge in [0.25, 0.3) is 0 Å². The van der Waals surface area contributed by atoms with Crippen LogP contribution >= 0.6 is 15.9 Å². The summed E-state index contributed by atoms with van der Waals surface area (Å²) < 4.78 is 10.1. The van der Waals surface area contributed by atoms with Gasteiger partial charge in [0.15, 0.2) is 6.10 Å². The van der Waals surface area contributed by atoms with Crippen LogP contribution in [0.25, 0.3) is 0 Å². The van der Waals surface area contributed by atoms with E-state index in [0.29, 0.717) is 13.2 Å². The van der Waals surface area contributed by atoms with Crippen LogP contribution in [0.4, 0.5) is 0 Å². The SMILES string of the molecule is CC(Br)COC(=O)C1CCCO1. The number of rotatable bonds is 3. The summed E-state index contributed by atoms with van der Waals surface area (Å²) in [5.74, 6) is -0.223. The largest absolute Gasteiger partial charge is 0.463 e. The molecule has 0 aromatic rings. The van der Waals surface area contributed by atoms with Crippen LogP contribution in [0.1, 0.15) is 19.8 Å². The highest BCUT2D eigenvalue weighted by Gasteiger charge is 2.24. The Kier molecular flexibility index (Phi) is 4.01. The van der Waals surface area contributed by atoms with Gasteiger partial charge in [-0.15, -0.1) is 0 Å². The highest BCUT2D eigenvalue weighted by molar-refractivity contribution is 9.09. The van der Waals surface area contributed by atoms with Crippen molar-refractivity contribution in [1.29, 1.82) is 0 Å². The van der Waals surface area contributed by atoms with E-state index in [1.54, 1.807) is 0 Å². The fourth-order valence-corrected chi connectivity index (χ4v) is 1.19. The van der Waals surface area contributed by atoms with Crippen LogP contribution in [-0.4, -0.2) is 30.1 Å². The lowest BCUT2D eigenvalue weighted by Crippen LogP contribution is -2.24. The third-order valence-corrected chi connectivity index (χ3v) is 1.91. The molecule has 0 aromatic carbocycles. The maximum atomic E-state index is 11.2. The van der Waals surface area contributed by atoms with Crippen molar-refractivity contribution in [3.05, 3.63) is 0 Å². The number of halogens is 1. The first-order valence-electron chi connectivity index (χ1n) is 4.12. The summed E-state index contributed by atoms with van der Waals surface area (Å²) in [6.07, 6.45) is 1.45. The highest BCUT2D eigenvalue weighted by Crippen LogP contribution is 2.13. The number of esters is 1. The van der Waals surface area contributed by atoms with Crippen molar-refractivity contribution in [1.82, 2.24) is 0 Å². The smallest absolute Gasteiger partial charge is 0.335 e. The van der Waals surface area contributed by atoms with Gasteiger partial charge in [0, 0.05) is 11.4 Å². The molecule has 0 radical (unpaired) electrons. The second kappa shape index (κ2) is 4.82. The molecule has 70 valence electrons. The molecule has 1 aliphatic heterocycles. The lowest BCUT2D eigenvalue weighted by atomic mass is 10.2. The van der Waals surface area contributed by atoms with E-state index in [0.717, 1.165) is 12.8 Å². The minimum Gasteiger partial charge on any atom is -0.463 e. The van der Waals surface area contributed by atoms with E-state index < -0.39 is 0 Å². The second-order valence-electron chi connectivity index (χ2n) is 2.91. The van der Waals surface area contributed by atoms with Gasteiger partial charge in [0.2, 0.25) is 0 Å². The Labute approximate surface area is 80.5 Å². The van der Waals surface area contributed by atoms with Gasteiger partial charge in [-0.2, -0.15) is 0 Å². The van der Waals surface area contributed by atoms with Crippen molar-refractivity contribution in [3.8, 4) is 0 Å². The standard InChI is InChI=1S/C8H13BrO3/c1-6(9)5-12-8(10)7-3-2-4-11-7/h6-7H,2-5H2,1H3. The van der Waals surface area contributed by atoms with Crippen LogP contribution in [0.15, 0.2) is 0 Å². The third kappa shape index (κ3) is 3.11. The van der Waals surface area contributed by atoms with Crippen LogP contribution in [0, 0.1) is 0 Å². The number of carbonyl (C=O) groups excluding carboxylic acids is 1. The monoisotopic (exact) mass is 236 g/mol. The molecule has 0 N–H and O–H groups in total. The van der Waals surface area contributed by atoms with E-state index in [1.165, 1.54) is 0 Å². The average molecular weight is 237 g/mol. The van der Waals surface area contributed by atoms with Crippen molar-refractivity contribution in [2.24, 2.45) is 0 Å². The molecule has 0 saturated carbocycles. The molecule has 1 heterocycles. The zero-order valence-corrected chi connectivity index (χ0v) is 8.67. The van der Waals surface area contributed by atoms with E-state index in [2.05, 4.69) is 15.9 Å². The van der Waals surface area contributed by atoms with E-state index in [1.807, 2.05) is 6.92 Å². The van der Waals surface area contributed by atoms with Gasteiger partial charge in [-0.3, -0.25) is 0 Å². The lowest BCUT2D eigenvalue weighted by molar-refractivity contribution is -0.154. The van der Waals surface area contributed by atoms with Gasteiger partial charge in [-0.25, -0.2) is 4.79 Å². The molecule has 4 heteroatoms. The zero-order chi connectivity index (χ0) is 8.97. The maximum absolute atomic E-state index is 11.2. The first kappa shape index (κ1) is 9.99. The fourth-order valence-electron chi connectivity index (χ4n) is 1.05. The quantitative estimate of drug-likeness (QED) is 0.551. The zero-order valence-electron chi connectivity index (χ0n) is 7.09. The number of alkyl halides is 1. The van der Waals surface area contributed by atoms with Crippen molar-refractivity contribution < 1.29 is 14.3 Å². The summed E-state index contributed by atoms with van der Waals surface area (Å²) in [6.45, 7) is 3.03. The molecule has 1 fully saturated rings. The molecule has 0 amide bonds. The average Bonchev–Trinajstić information content (AvgIpc) is 2.51. The number of ether oxygens (including phenoxy) is 2. The summed E-state index contributed by atoms with van der Waals surface area (Å²) in [7, 11) is 0. The molecule has 2 unspecified atom stereocenters.